The molecule has 1 heterocycles. The van der Waals surface area contributed by atoms with Gasteiger partial charge in [-0.25, -0.2) is 8.42 Å². The molecule has 0 aliphatic heterocycles. The Labute approximate surface area is 264 Å². The molecule has 0 saturated carbocycles. The molecule has 4 N–H and O–H groups in total. The number of pyridine rings is 1. The number of benzene rings is 3. The van der Waals surface area contributed by atoms with E-state index in [0.29, 0.717) is 10.8 Å². The summed E-state index contributed by atoms with van der Waals surface area (Å²) >= 11 is 6.21. The van der Waals surface area contributed by atoms with Crippen molar-refractivity contribution in [1.82, 2.24) is 9.29 Å². The first-order chi connectivity index (χ1) is 21.5. The molecule has 0 bridgehead atoms. The minimum atomic E-state index is -4.04. The van der Waals surface area contributed by atoms with Gasteiger partial charge in [0.15, 0.2) is 6.61 Å². The summed E-state index contributed by atoms with van der Waals surface area (Å²) in [6, 6.07) is 17.1. The van der Waals surface area contributed by atoms with Gasteiger partial charge >= 0.3 is 0 Å². The second-order valence-corrected chi connectivity index (χ2v) is 12.2. The highest BCUT2D eigenvalue weighted by Gasteiger charge is 2.25. The highest BCUT2D eigenvalue weighted by Crippen LogP contribution is 2.30. The van der Waals surface area contributed by atoms with Crippen LogP contribution in [-0.4, -0.2) is 62.9 Å². The average molecular weight is 655 g/mol. The van der Waals surface area contributed by atoms with E-state index in [1.807, 2.05) is 19.1 Å². The van der Waals surface area contributed by atoms with E-state index in [9.17, 15) is 22.9 Å². The summed E-state index contributed by atoms with van der Waals surface area (Å²) in [6.45, 7) is 1.40. The number of carbonyl (C=O) groups excluding carboxylic acids is 2. The number of nitrogens with one attached hydrogen (secondary N) is 2. The van der Waals surface area contributed by atoms with Gasteiger partial charge in [-0.1, -0.05) is 11.6 Å². The van der Waals surface area contributed by atoms with Crippen molar-refractivity contribution in [1.29, 1.82) is 0 Å². The summed E-state index contributed by atoms with van der Waals surface area (Å²) in [4.78, 5) is 39.7. The van der Waals surface area contributed by atoms with Crippen molar-refractivity contribution >= 4 is 61.4 Å². The number of halogens is 1. The number of hydrogen-bond donors (Lipinski definition) is 3. The summed E-state index contributed by atoms with van der Waals surface area (Å²) in [6.07, 6.45) is -0.231. The van der Waals surface area contributed by atoms with Crippen LogP contribution in [-0.2, 0) is 19.6 Å². The van der Waals surface area contributed by atoms with E-state index in [4.69, 9.17) is 26.8 Å². The monoisotopic (exact) mass is 654 g/mol. The van der Waals surface area contributed by atoms with Crippen LogP contribution in [0.2, 0.25) is 5.02 Å². The van der Waals surface area contributed by atoms with Gasteiger partial charge in [0.2, 0.25) is 15.9 Å². The van der Waals surface area contributed by atoms with Crippen molar-refractivity contribution in [2.45, 2.75) is 18.2 Å². The van der Waals surface area contributed by atoms with E-state index >= 15 is 0 Å². The van der Waals surface area contributed by atoms with Crippen molar-refractivity contribution < 1.29 is 27.5 Å². The Morgan fingerprint density at radius 3 is 2.47 bits per heavy atom. The predicted octanol–water partition coefficient (Wildman–Crippen LogP) is 4.60. The quantitative estimate of drug-likeness (QED) is 0.154. The van der Waals surface area contributed by atoms with E-state index < -0.39 is 28.4 Å². The number of anilines is 2. The predicted molar refractivity (Wildman–Crippen MR) is 172 cm³/mol. The molecule has 236 valence electrons. The maximum Gasteiger partial charge on any atom is 0.255 e. The number of nitrogens with zero attached hydrogens (tertiary/aromatic N) is 3. The normalized spacial score (nSPS) is 11.3. The fourth-order valence-corrected chi connectivity index (χ4v) is 6.03. The maximum absolute atomic E-state index is 13.7. The van der Waals surface area contributed by atoms with Gasteiger partial charge in [0, 0.05) is 53.9 Å². The zero-order valence-electron chi connectivity index (χ0n) is 24.4. The Morgan fingerprint density at radius 1 is 1.02 bits per heavy atom. The zero-order valence-corrected chi connectivity index (χ0v) is 26.0. The molecule has 13 nitrogen and oxygen atoms in total. The van der Waals surface area contributed by atoms with Crippen LogP contribution in [0.4, 0.5) is 17.1 Å². The van der Waals surface area contributed by atoms with E-state index in [1.165, 1.54) is 53.9 Å². The van der Waals surface area contributed by atoms with Crippen molar-refractivity contribution in [2.24, 2.45) is 10.9 Å². The number of sulfonamides is 1. The van der Waals surface area contributed by atoms with Gasteiger partial charge in [0.1, 0.15) is 17.2 Å². The molecule has 0 fully saturated rings. The van der Waals surface area contributed by atoms with Gasteiger partial charge in [-0.2, -0.15) is 4.31 Å². The average Bonchev–Trinajstić information content (AvgIpc) is 3.02. The Morgan fingerprint density at radius 2 is 1.78 bits per heavy atom. The van der Waals surface area contributed by atoms with E-state index in [2.05, 4.69) is 20.8 Å². The number of aryl methyl sites for hydroxylation is 1. The third kappa shape index (κ3) is 8.65. The van der Waals surface area contributed by atoms with Gasteiger partial charge in [-0.05, 0) is 72.8 Å². The van der Waals surface area contributed by atoms with Gasteiger partial charge in [-0.15, -0.1) is 4.91 Å². The summed E-state index contributed by atoms with van der Waals surface area (Å²) < 4.78 is 39.1. The lowest BCUT2D eigenvalue weighted by atomic mass is 10.1. The second-order valence-electron chi connectivity index (χ2n) is 9.80. The number of rotatable bonds is 15. The van der Waals surface area contributed by atoms with Crippen LogP contribution >= 0.6 is 11.6 Å². The van der Waals surface area contributed by atoms with Crippen molar-refractivity contribution in [3.63, 3.8) is 0 Å². The largest absolute Gasteiger partial charge is 0.497 e. The number of carbonyl (C=O) groups is 2. The molecule has 15 heteroatoms. The molecule has 3 aromatic carbocycles. The molecular formula is C30H31ClN6O7S. The number of aromatic nitrogens is 1. The van der Waals surface area contributed by atoms with Crippen molar-refractivity contribution in [3.8, 4) is 11.5 Å². The molecule has 2 amide bonds. The number of nitroso groups, excluding NO2 is 1. The number of fused-ring (bicyclic) bond motifs is 1. The van der Waals surface area contributed by atoms with Gasteiger partial charge in [-0.3, -0.25) is 14.6 Å². The number of amides is 2. The molecule has 1 aromatic heterocycles. The van der Waals surface area contributed by atoms with Crippen LogP contribution in [0.25, 0.3) is 10.9 Å². The van der Waals surface area contributed by atoms with Crippen LogP contribution in [0.15, 0.2) is 76.8 Å². The molecule has 0 spiro atoms. The Bertz CT molecular complexity index is 1820. The molecule has 4 aromatic rings. The second kappa shape index (κ2) is 14.8. The summed E-state index contributed by atoms with van der Waals surface area (Å²) in [7, 11) is -2.56. The summed E-state index contributed by atoms with van der Waals surface area (Å²) in [5.74, 6) is -0.807. The number of methoxy groups -OCH3 is 1. The molecule has 0 radical (unpaired) electrons. The van der Waals surface area contributed by atoms with Gasteiger partial charge in [0.05, 0.1) is 23.2 Å². The van der Waals surface area contributed by atoms with E-state index in [0.717, 1.165) is 22.3 Å². The van der Waals surface area contributed by atoms with Crippen LogP contribution < -0.4 is 25.8 Å². The SMILES string of the molecule is COc1ccc(S(=O)(=O)N(CCNc2cc(C)nc3ccc(Cl)cc23)CCC(=O)Nc2ccc(N=O)cc2OCC(N)=O)cc1. The lowest BCUT2D eigenvalue weighted by Crippen LogP contribution is -2.37. The molecule has 45 heavy (non-hydrogen) atoms. The van der Waals surface area contributed by atoms with E-state index in [-0.39, 0.29) is 48.1 Å². The first-order valence-corrected chi connectivity index (χ1v) is 15.5. The molecule has 0 aliphatic rings. The maximum atomic E-state index is 13.7. The van der Waals surface area contributed by atoms with Crippen LogP contribution in [0, 0.1) is 11.8 Å². The molecule has 0 atom stereocenters. The lowest BCUT2D eigenvalue weighted by molar-refractivity contribution is -0.120. The highest BCUT2D eigenvalue weighted by atomic mass is 35.5. The third-order valence-corrected chi connectivity index (χ3v) is 8.72. The summed E-state index contributed by atoms with van der Waals surface area (Å²) in [5, 5.41) is 10.0. The molecule has 0 saturated heterocycles. The van der Waals surface area contributed by atoms with E-state index in [1.54, 1.807) is 12.1 Å². The van der Waals surface area contributed by atoms with Gasteiger partial charge in [0.25, 0.3) is 5.91 Å². The fourth-order valence-electron chi connectivity index (χ4n) is 4.42. The first-order valence-electron chi connectivity index (χ1n) is 13.6. The van der Waals surface area contributed by atoms with Crippen molar-refractivity contribution in [2.75, 3.05) is 44.0 Å². The standard InChI is InChI=1S/C30H31ClN6O7S/c1-19-15-27(24-16-20(31)3-9-25(24)34-19)33-12-14-37(45(41,42)23-7-5-22(43-2)6-8-23)13-11-30(39)35-26-10-4-21(36-40)17-28(26)44-18-29(32)38/h3-10,15-17H,11-14,18H2,1-2H3,(H2,32,38)(H,33,34)(H,35,39). The molecule has 0 aliphatic carbocycles. The van der Waals surface area contributed by atoms with Crippen molar-refractivity contribution in [3.05, 3.63) is 82.4 Å². The number of nitrogens with two attached hydrogens (primary N) is 1. The van der Waals surface area contributed by atoms with Crippen LogP contribution in [0.5, 0.6) is 11.5 Å². The van der Waals surface area contributed by atoms with Gasteiger partial charge < -0.3 is 25.8 Å². The fraction of sp³-hybridized carbons (Fsp3) is 0.233. The molecule has 0 unspecified atom stereocenters. The lowest BCUT2D eigenvalue weighted by Gasteiger charge is -2.23. The summed E-state index contributed by atoms with van der Waals surface area (Å²) in [5.41, 5.74) is 7.54. The molecular weight excluding hydrogens is 624 g/mol. The zero-order chi connectivity index (χ0) is 32.6. The Hall–Kier alpha value is -4.79. The highest BCUT2D eigenvalue weighted by molar-refractivity contribution is 7.89. The number of hydrogen-bond acceptors (Lipinski definition) is 10. The van der Waals surface area contributed by atoms with Crippen LogP contribution in [0.3, 0.4) is 0 Å². The Balaban J connectivity index is 1.53. The minimum absolute atomic E-state index is 0.00568. The number of ether oxygens (including phenoxy) is 2. The Kier molecular flexibility index (Phi) is 10.9. The third-order valence-electron chi connectivity index (χ3n) is 6.58. The smallest absolute Gasteiger partial charge is 0.255 e. The van der Waals surface area contributed by atoms with Crippen LogP contribution in [0.1, 0.15) is 12.1 Å². The topological polar surface area (TPSA) is 182 Å². The minimum Gasteiger partial charge on any atom is -0.497 e. The molecule has 4 rings (SSSR count). The number of primary amides is 1. The first kappa shape index (κ1) is 33.1.